The highest BCUT2D eigenvalue weighted by Gasteiger charge is 2.47. The van der Waals surface area contributed by atoms with Crippen LogP contribution in [0.2, 0.25) is 0 Å². The number of hydrogen-bond donors (Lipinski definition) is 1. The molecule has 0 aliphatic carbocycles. The largest absolute Gasteiger partial charge is 0.507 e. The van der Waals surface area contributed by atoms with Crippen molar-refractivity contribution in [3.8, 4) is 17.2 Å². The molecule has 1 atom stereocenters. The van der Waals surface area contributed by atoms with Gasteiger partial charge in [-0.3, -0.25) is 14.5 Å². The summed E-state index contributed by atoms with van der Waals surface area (Å²) in [4.78, 5) is 40.3. The van der Waals surface area contributed by atoms with Gasteiger partial charge in [0, 0.05) is 5.69 Å². The number of rotatable bonds is 8. The lowest BCUT2D eigenvalue weighted by Gasteiger charge is -2.26. The Morgan fingerprint density at radius 1 is 0.895 bits per heavy atom. The maximum absolute atomic E-state index is 13.5. The van der Waals surface area contributed by atoms with Crippen molar-refractivity contribution >= 4 is 29.1 Å². The van der Waals surface area contributed by atoms with Crippen molar-refractivity contribution in [2.45, 2.75) is 13.0 Å². The van der Waals surface area contributed by atoms with Crippen LogP contribution in [0.25, 0.3) is 5.76 Å². The monoisotopic (exact) mass is 517 g/mol. The number of amides is 1. The normalized spacial score (nSPS) is 16.3. The summed E-state index contributed by atoms with van der Waals surface area (Å²) in [5.41, 5.74) is 1.23. The number of nitrogens with zero attached hydrogens (tertiary/aromatic N) is 1. The first-order valence-corrected chi connectivity index (χ1v) is 11.8. The van der Waals surface area contributed by atoms with Crippen molar-refractivity contribution in [3.05, 3.63) is 89.0 Å². The van der Waals surface area contributed by atoms with Crippen LogP contribution in [-0.4, -0.2) is 50.7 Å². The molecule has 0 bridgehead atoms. The quantitative estimate of drug-likeness (QED) is 0.201. The van der Waals surface area contributed by atoms with Gasteiger partial charge in [0.2, 0.25) is 0 Å². The first-order chi connectivity index (χ1) is 18.3. The van der Waals surface area contributed by atoms with Crippen molar-refractivity contribution in [3.63, 3.8) is 0 Å². The first kappa shape index (κ1) is 26.3. The molecule has 1 unspecified atom stereocenters. The average molecular weight is 518 g/mol. The summed E-state index contributed by atoms with van der Waals surface area (Å²) in [7, 11) is 4.41. The number of ketones is 1. The van der Waals surface area contributed by atoms with Crippen molar-refractivity contribution < 1.29 is 38.4 Å². The van der Waals surface area contributed by atoms with Gasteiger partial charge in [0.05, 0.1) is 50.7 Å². The lowest BCUT2D eigenvalue weighted by molar-refractivity contribution is -0.132. The lowest BCUT2D eigenvalue weighted by Crippen LogP contribution is -2.29. The van der Waals surface area contributed by atoms with Gasteiger partial charge in [-0.15, -0.1) is 0 Å². The van der Waals surface area contributed by atoms with Crippen molar-refractivity contribution in [2.24, 2.45) is 0 Å². The predicted molar refractivity (Wildman–Crippen MR) is 140 cm³/mol. The SMILES string of the molecule is CCOC(=O)c1ccc(N2C(=O)C(=O)/C(=C(/O)c3cc(OC)ccc3OC)C2c2cccc(OC)c2)cc1. The molecule has 38 heavy (non-hydrogen) atoms. The summed E-state index contributed by atoms with van der Waals surface area (Å²) in [6.07, 6.45) is 0. The second-order valence-corrected chi connectivity index (χ2v) is 8.28. The molecule has 1 aliphatic heterocycles. The highest BCUT2D eigenvalue weighted by atomic mass is 16.5. The Hall–Kier alpha value is -4.79. The third kappa shape index (κ3) is 4.78. The second kappa shape index (κ2) is 11.1. The van der Waals surface area contributed by atoms with E-state index in [4.69, 9.17) is 18.9 Å². The molecule has 0 radical (unpaired) electrons. The predicted octanol–water partition coefficient (Wildman–Crippen LogP) is 4.52. The minimum Gasteiger partial charge on any atom is -0.507 e. The molecule has 9 nitrogen and oxygen atoms in total. The van der Waals surface area contributed by atoms with E-state index in [9.17, 15) is 19.5 Å². The smallest absolute Gasteiger partial charge is 0.338 e. The van der Waals surface area contributed by atoms with Crippen molar-refractivity contribution in [1.82, 2.24) is 0 Å². The number of Topliss-reactive ketones (excluding diaryl/α,β-unsaturated/α-hetero) is 1. The summed E-state index contributed by atoms with van der Waals surface area (Å²) in [5.74, 6) is -1.43. The van der Waals surface area contributed by atoms with Crippen molar-refractivity contribution in [2.75, 3.05) is 32.8 Å². The zero-order chi connectivity index (χ0) is 27.4. The fourth-order valence-electron chi connectivity index (χ4n) is 4.34. The average Bonchev–Trinajstić information content (AvgIpc) is 3.22. The van der Waals surface area contributed by atoms with Gasteiger partial charge in [0.1, 0.15) is 23.0 Å². The summed E-state index contributed by atoms with van der Waals surface area (Å²) in [5, 5.41) is 11.5. The van der Waals surface area contributed by atoms with Gasteiger partial charge in [0.25, 0.3) is 11.7 Å². The van der Waals surface area contributed by atoms with E-state index >= 15 is 0 Å². The van der Waals surface area contributed by atoms with E-state index < -0.39 is 29.5 Å². The number of ether oxygens (including phenoxy) is 4. The minimum atomic E-state index is -1.01. The molecule has 0 saturated carbocycles. The second-order valence-electron chi connectivity index (χ2n) is 8.28. The molecule has 3 aromatic carbocycles. The molecule has 1 N–H and O–H groups in total. The number of benzene rings is 3. The van der Waals surface area contributed by atoms with Crippen LogP contribution in [0.15, 0.2) is 72.3 Å². The minimum absolute atomic E-state index is 0.135. The number of carbonyl (C=O) groups is 3. The van der Waals surface area contributed by atoms with E-state index in [1.807, 2.05) is 0 Å². The maximum Gasteiger partial charge on any atom is 0.338 e. The van der Waals surface area contributed by atoms with Crippen molar-refractivity contribution in [1.29, 1.82) is 0 Å². The van der Waals surface area contributed by atoms with Gasteiger partial charge in [-0.05, 0) is 67.1 Å². The molecular formula is C29H27NO8. The van der Waals surface area contributed by atoms with Crippen LogP contribution in [-0.2, 0) is 14.3 Å². The van der Waals surface area contributed by atoms with E-state index in [1.54, 1.807) is 55.5 Å². The standard InChI is InChI=1S/C29H27NO8/c1-5-38-29(34)17-9-11-19(12-10-17)30-25(18-7-6-8-20(15-18)35-2)24(27(32)28(30)33)26(31)22-16-21(36-3)13-14-23(22)37-4/h6-16,25,31H,5H2,1-4H3/b26-24+. The fourth-order valence-corrected chi connectivity index (χ4v) is 4.34. The topological polar surface area (TPSA) is 112 Å². The molecule has 1 aliphatic rings. The Labute approximate surface area is 219 Å². The molecule has 0 spiro atoms. The summed E-state index contributed by atoms with van der Waals surface area (Å²) in [6.45, 7) is 1.93. The Bertz CT molecular complexity index is 1410. The molecule has 1 fully saturated rings. The molecule has 1 amide bonds. The highest BCUT2D eigenvalue weighted by molar-refractivity contribution is 6.51. The number of aliphatic hydroxyl groups excluding tert-OH is 1. The van der Waals surface area contributed by atoms with Crippen LogP contribution in [0.4, 0.5) is 5.69 Å². The molecule has 9 heteroatoms. The van der Waals surface area contributed by atoms with E-state index in [2.05, 4.69) is 0 Å². The van der Waals surface area contributed by atoms with Crippen LogP contribution in [0, 0.1) is 0 Å². The third-order valence-corrected chi connectivity index (χ3v) is 6.17. The highest BCUT2D eigenvalue weighted by Crippen LogP contribution is 2.44. The molecular weight excluding hydrogens is 490 g/mol. The number of anilines is 1. The maximum atomic E-state index is 13.5. The molecule has 196 valence electrons. The van der Waals surface area contributed by atoms with Crippen LogP contribution in [0.5, 0.6) is 17.2 Å². The zero-order valence-corrected chi connectivity index (χ0v) is 21.4. The Morgan fingerprint density at radius 3 is 2.21 bits per heavy atom. The van der Waals surface area contributed by atoms with Crippen LogP contribution in [0.1, 0.15) is 34.5 Å². The molecule has 4 rings (SSSR count). The van der Waals surface area contributed by atoms with Gasteiger partial charge >= 0.3 is 5.97 Å². The molecule has 3 aromatic rings. The first-order valence-electron chi connectivity index (χ1n) is 11.8. The number of aliphatic hydroxyl groups is 1. The summed E-state index contributed by atoms with van der Waals surface area (Å²) in [6, 6.07) is 16.8. The van der Waals surface area contributed by atoms with Crippen LogP contribution in [0.3, 0.4) is 0 Å². The molecule has 1 saturated heterocycles. The number of methoxy groups -OCH3 is 3. The fraction of sp³-hybridized carbons (Fsp3) is 0.207. The van der Waals surface area contributed by atoms with E-state index in [-0.39, 0.29) is 23.5 Å². The molecule has 1 heterocycles. The van der Waals surface area contributed by atoms with Crippen LogP contribution < -0.4 is 19.1 Å². The number of carbonyl (C=O) groups excluding carboxylic acids is 3. The van der Waals surface area contributed by atoms with E-state index in [0.717, 1.165) is 0 Å². The Balaban J connectivity index is 1.93. The van der Waals surface area contributed by atoms with Gasteiger partial charge in [-0.2, -0.15) is 0 Å². The van der Waals surface area contributed by atoms with E-state index in [0.29, 0.717) is 28.3 Å². The zero-order valence-electron chi connectivity index (χ0n) is 21.4. The van der Waals surface area contributed by atoms with Crippen LogP contribution >= 0.6 is 0 Å². The third-order valence-electron chi connectivity index (χ3n) is 6.17. The number of hydrogen-bond acceptors (Lipinski definition) is 8. The lowest BCUT2D eigenvalue weighted by atomic mass is 9.94. The van der Waals surface area contributed by atoms with Gasteiger partial charge in [-0.1, -0.05) is 12.1 Å². The number of esters is 1. The Kier molecular flexibility index (Phi) is 7.66. The van der Waals surface area contributed by atoms with Gasteiger partial charge < -0.3 is 24.1 Å². The van der Waals surface area contributed by atoms with E-state index in [1.165, 1.54) is 44.4 Å². The summed E-state index contributed by atoms with van der Waals surface area (Å²) < 4.78 is 21.1. The Morgan fingerprint density at radius 2 is 1.58 bits per heavy atom. The molecule has 0 aromatic heterocycles. The van der Waals surface area contributed by atoms with Gasteiger partial charge in [0.15, 0.2) is 0 Å². The van der Waals surface area contributed by atoms with Gasteiger partial charge in [-0.25, -0.2) is 4.79 Å². The summed E-state index contributed by atoms with van der Waals surface area (Å²) >= 11 is 0.